The van der Waals surface area contributed by atoms with Crippen molar-refractivity contribution >= 4 is 34.4 Å². The molecule has 0 saturated heterocycles. The van der Waals surface area contributed by atoms with E-state index in [1.807, 2.05) is 74.5 Å². The van der Waals surface area contributed by atoms with E-state index in [-0.39, 0.29) is 11.7 Å². The standard InChI is InChI=1S/C24H25NO3S/c1-3-25(4-2)24(27)23(19-11-6-5-7-12-19)28-22(26)17-29-21-15-14-18-10-8-9-13-20(18)16-21/h5-16,23H,3-4,17H2,1-2H3/t23-/m0/s1. The SMILES string of the molecule is CCN(CC)C(=O)[C@@H](OC(=O)CSc1ccc2ccccc2c1)c1ccccc1. The minimum Gasteiger partial charge on any atom is -0.447 e. The summed E-state index contributed by atoms with van der Waals surface area (Å²) >= 11 is 1.41. The minimum absolute atomic E-state index is 0.146. The first-order valence-electron chi connectivity index (χ1n) is 9.77. The van der Waals surface area contributed by atoms with Crippen molar-refractivity contribution < 1.29 is 14.3 Å². The largest absolute Gasteiger partial charge is 0.447 e. The third-order valence-corrected chi connectivity index (χ3v) is 5.70. The van der Waals surface area contributed by atoms with Gasteiger partial charge in [0.15, 0.2) is 0 Å². The molecule has 1 amide bonds. The molecule has 0 aliphatic heterocycles. The van der Waals surface area contributed by atoms with Gasteiger partial charge in [-0.25, -0.2) is 0 Å². The summed E-state index contributed by atoms with van der Waals surface area (Å²) in [5.74, 6) is -0.449. The van der Waals surface area contributed by atoms with Crippen LogP contribution in [0.15, 0.2) is 77.7 Å². The van der Waals surface area contributed by atoms with Gasteiger partial charge in [0.2, 0.25) is 6.10 Å². The van der Waals surface area contributed by atoms with E-state index in [9.17, 15) is 9.59 Å². The normalized spacial score (nSPS) is 11.8. The lowest BCUT2D eigenvalue weighted by molar-refractivity contribution is -0.158. The second-order valence-corrected chi connectivity index (χ2v) is 7.64. The van der Waals surface area contributed by atoms with Crippen molar-refractivity contribution in [1.29, 1.82) is 0 Å². The van der Waals surface area contributed by atoms with Crippen LogP contribution in [0.5, 0.6) is 0 Å². The van der Waals surface area contributed by atoms with E-state index in [0.29, 0.717) is 18.7 Å². The van der Waals surface area contributed by atoms with Crippen LogP contribution in [-0.2, 0) is 14.3 Å². The Hall–Kier alpha value is -2.79. The number of esters is 1. The predicted molar refractivity (Wildman–Crippen MR) is 118 cm³/mol. The highest BCUT2D eigenvalue weighted by Gasteiger charge is 2.28. The van der Waals surface area contributed by atoms with Gasteiger partial charge >= 0.3 is 5.97 Å². The van der Waals surface area contributed by atoms with Crippen molar-refractivity contribution in [2.45, 2.75) is 24.8 Å². The van der Waals surface area contributed by atoms with Gasteiger partial charge in [-0.2, -0.15) is 0 Å². The maximum atomic E-state index is 12.9. The highest BCUT2D eigenvalue weighted by atomic mass is 32.2. The zero-order valence-electron chi connectivity index (χ0n) is 16.7. The fourth-order valence-electron chi connectivity index (χ4n) is 3.15. The van der Waals surface area contributed by atoms with Gasteiger partial charge < -0.3 is 9.64 Å². The molecule has 0 fully saturated rings. The topological polar surface area (TPSA) is 46.6 Å². The van der Waals surface area contributed by atoms with Crippen molar-refractivity contribution in [3.8, 4) is 0 Å². The molecule has 0 radical (unpaired) electrons. The van der Waals surface area contributed by atoms with Crippen molar-refractivity contribution in [3.63, 3.8) is 0 Å². The lowest BCUT2D eigenvalue weighted by Gasteiger charge is -2.25. The molecule has 0 N–H and O–H groups in total. The van der Waals surface area contributed by atoms with Gasteiger partial charge in [-0.1, -0.05) is 60.7 Å². The van der Waals surface area contributed by atoms with E-state index in [4.69, 9.17) is 4.74 Å². The summed E-state index contributed by atoms with van der Waals surface area (Å²) in [6, 6.07) is 23.4. The summed E-state index contributed by atoms with van der Waals surface area (Å²) < 4.78 is 5.64. The van der Waals surface area contributed by atoms with Gasteiger partial charge in [-0.3, -0.25) is 9.59 Å². The molecular formula is C24H25NO3S. The van der Waals surface area contributed by atoms with E-state index in [0.717, 1.165) is 15.7 Å². The number of hydrogen-bond acceptors (Lipinski definition) is 4. The Labute approximate surface area is 175 Å². The maximum absolute atomic E-state index is 12.9. The molecule has 0 aromatic heterocycles. The van der Waals surface area contributed by atoms with Crippen LogP contribution in [0.3, 0.4) is 0 Å². The molecule has 0 spiro atoms. The second kappa shape index (κ2) is 10.1. The van der Waals surface area contributed by atoms with E-state index in [1.165, 1.54) is 11.8 Å². The highest BCUT2D eigenvalue weighted by molar-refractivity contribution is 8.00. The molecule has 29 heavy (non-hydrogen) atoms. The number of fused-ring (bicyclic) bond motifs is 1. The van der Waals surface area contributed by atoms with Crippen LogP contribution >= 0.6 is 11.8 Å². The monoisotopic (exact) mass is 407 g/mol. The number of ether oxygens (including phenoxy) is 1. The lowest BCUT2D eigenvalue weighted by Crippen LogP contribution is -2.37. The Morgan fingerprint density at radius 1 is 0.897 bits per heavy atom. The molecule has 0 aliphatic rings. The summed E-state index contributed by atoms with van der Waals surface area (Å²) in [5.41, 5.74) is 0.688. The average molecular weight is 408 g/mol. The Morgan fingerprint density at radius 2 is 1.55 bits per heavy atom. The minimum atomic E-state index is -0.916. The van der Waals surface area contributed by atoms with Crippen molar-refractivity contribution in [2.75, 3.05) is 18.8 Å². The Morgan fingerprint density at radius 3 is 2.24 bits per heavy atom. The molecule has 1 atom stereocenters. The van der Waals surface area contributed by atoms with E-state index in [2.05, 4.69) is 12.1 Å². The van der Waals surface area contributed by atoms with Gasteiger partial charge in [0.05, 0.1) is 5.75 Å². The first-order valence-corrected chi connectivity index (χ1v) is 10.8. The fraction of sp³-hybridized carbons (Fsp3) is 0.250. The van der Waals surface area contributed by atoms with Gasteiger partial charge in [0.25, 0.3) is 5.91 Å². The highest BCUT2D eigenvalue weighted by Crippen LogP contribution is 2.25. The Kier molecular flexibility index (Phi) is 7.30. The molecule has 4 nitrogen and oxygen atoms in total. The number of benzene rings is 3. The van der Waals surface area contributed by atoms with Crippen LogP contribution < -0.4 is 0 Å². The Balaban J connectivity index is 1.69. The number of thioether (sulfide) groups is 1. The van der Waals surface area contributed by atoms with E-state index in [1.54, 1.807) is 4.90 Å². The summed E-state index contributed by atoms with van der Waals surface area (Å²) in [7, 11) is 0. The summed E-state index contributed by atoms with van der Waals surface area (Å²) in [6.07, 6.45) is -0.916. The van der Waals surface area contributed by atoms with Gasteiger partial charge in [-0.15, -0.1) is 11.8 Å². The maximum Gasteiger partial charge on any atom is 0.317 e. The van der Waals surface area contributed by atoms with Crippen LogP contribution in [0.25, 0.3) is 10.8 Å². The molecule has 0 bridgehead atoms. The molecular weight excluding hydrogens is 382 g/mol. The second-order valence-electron chi connectivity index (χ2n) is 6.59. The zero-order chi connectivity index (χ0) is 20.6. The third-order valence-electron chi connectivity index (χ3n) is 4.73. The van der Waals surface area contributed by atoms with Crippen molar-refractivity contribution in [1.82, 2.24) is 4.90 Å². The van der Waals surface area contributed by atoms with Gasteiger partial charge in [-0.05, 0) is 36.8 Å². The Bertz CT molecular complexity index is 970. The van der Waals surface area contributed by atoms with E-state index < -0.39 is 12.1 Å². The molecule has 3 aromatic carbocycles. The first-order chi connectivity index (χ1) is 14.1. The van der Waals surface area contributed by atoms with Crippen molar-refractivity contribution in [2.24, 2.45) is 0 Å². The molecule has 0 unspecified atom stereocenters. The number of likely N-dealkylation sites (N-methyl/N-ethyl adjacent to an activating group) is 1. The zero-order valence-corrected chi connectivity index (χ0v) is 17.5. The molecule has 0 saturated carbocycles. The average Bonchev–Trinajstić information content (AvgIpc) is 2.77. The van der Waals surface area contributed by atoms with Crippen LogP contribution in [0, 0.1) is 0 Å². The number of amides is 1. The smallest absolute Gasteiger partial charge is 0.317 e. The molecule has 3 rings (SSSR count). The predicted octanol–water partition coefficient (Wildman–Crippen LogP) is 5.08. The summed E-state index contributed by atoms with van der Waals surface area (Å²) in [5, 5.41) is 2.29. The molecule has 5 heteroatoms. The van der Waals surface area contributed by atoms with Crippen LogP contribution in [0.2, 0.25) is 0 Å². The number of rotatable bonds is 8. The van der Waals surface area contributed by atoms with Crippen LogP contribution in [0.4, 0.5) is 0 Å². The van der Waals surface area contributed by atoms with Crippen molar-refractivity contribution in [3.05, 3.63) is 78.4 Å². The van der Waals surface area contributed by atoms with E-state index >= 15 is 0 Å². The number of hydrogen-bond donors (Lipinski definition) is 0. The lowest BCUT2D eigenvalue weighted by atomic mass is 10.1. The summed E-state index contributed by atoms with van der Waals surface area (Å²) in [6.45, 7) is 4.98. The number of carbonyl (C=O) groups excluding carboxylic acids is 2. The molecule has 3 aromatic rings. The van der Waals surface area contributed by atoms with Crippen LogP contribution in [0.1, 0.15) is 25.5 Å². The summed E-state index contributed by atoms with van der Waals surface area (Å²) in [4.78, 5) is 28.1. The quantitative estimate of drug-likeness (QED) is 0.386. The van der Waals surface area contributed by atoms with Gasteiger partial charge in [0, 0.05) is 23.5 Å². The number of carbonyl (C=O) groups is 2. The molecule has 0 aliphatic carbocycles. The molecule has 150 valence electrons. The third kappa shape index (κ3) is 5.39. The fourth-order valence-corrected chi connectivity index (χ4v) is 3.88. The van der Waals surface area contributed by atoms with Crippen LogP contribution in [-0.4, -0.2) is 35.6 Å². The molecule has 0 heterocycles. The number of nitrogens with zero attached hydrogens (tertiary/aromatic N) is 1. The van der Waals surface area contributed by atoms with Gasteiger partial charge in [0.1, 0.15) is 0 Å². The first kappa shape index (κ1) is 20.9.